The zero-order valence-electron chi connectivity index (χ0n) is 10.1. The highest BCUT2D eigenvalue weighted by molar-refractivity contribution is 9.15. The van der Waals surface area contributed by atoms with Gasteiger partial charge in [0, 0.05) is 4.47 Å². The third kappa shape index (κ3) is 5.06. The third-order valence-electron chi connectivity index (χ3n) is 2.21. The van der Waals surface area contributed by atoms with Gasteiger partial charge >= 0.3 is 5.97 Å². The van der Waals surface area contributed by atoms with Gasteiger partial charge in [-0.2, -0.15) is 0 Å². The lowest BCUT2D eigenvalue weighted by Gasteiger charge is -2.07. The molecule has 3 nitrogen and oxygen atoms in total. The van der Waals surface area contributed by atoms with Crippen LogP contribution in [-0.4, -0.2) is 16.2 Å². The van der Waals surface area contributed by atoms with Crippen LogP contribution in [0.5, 0.6) is 5.75 Å². The largest absolute Gasteiger partial charge is 0.505 e. The van der Waals surface area contributed by atoms with Gasteiger partial charge in [0.15, 0.2) is 0 Å². The number of phenolic OH excluding ortho intramolecular Hbond substituents is 1. The highest BCUT2D eigenvalue weighted by Gasteiger charge is 2.16. The molecule has 0 spiro atoms. The van der Waals surface area contributed by atoms with Gasteiger partial charge < -0.3 is 10.2 Å². The van der Waals surface area contributed by atoms with Crippen LogP contribution >= 0.6 is 79.6 Å². The molecule has 0 saturated heterocycles. The molecule has 0 aliphatic heterocycles. The van der Waals surface area contributed by atoms with Crippen LogP contribution < -0.4 is 0 Å². The predicted molar refractivity (Wildman–Crippen MR) is 100 cm³/mol. The molecule has 0 amide bonds. The summed E-state index contributed by atoms with van der Waals surface area (Å²) >= 11 is 16.4. The van der Waals surface area contributed by atoms with Crippen LogP contribution in [0.2, 0.25) is 0 Å². The van der Waals surface area contributed by atoms with Crippen LogP contribution in [0.4, 0.5) is 0 Å². The molecule has 0 aromatic heterocycles. The molecule has 2 aromatic rings. The molecule has 112 valence electrons. The number of rotatable bonds is 1. The summed E-state index contributed by atoms with van der Waals surface area (Å²) in [7, 11) is 0. The molecule has 0 aliphatic rings. The summed E-state index contributed by atoms with van der Waals surface area (Å²) in [6.07, 6.45) is 0. The Bertz CT molecular complexity index is 554. The van der Waals surface area contributed by atoms with Crippen molar-refractivity contribution in [3.05, 3.63) is 58.3 Å². The Morgan fingerprint density at radius 2 is 1.14 bits per heavy atom. The second-order valence-electron chi connectivity index (χ2n) is 3.59. The molecule has 0 fully saturated rings. The van der Waals surface area contributed by atoms with Gasteiger partial charge in [-0.3, -0.25) is 0 Å². The highest BCUT2D eigenvalue weighted by atomic mass is 79.9. The first-order chi connectivity index (χ1) is 9.77. The lowest BCUT2D eigenvalue weighted by molar-refractivity contribution is 0.0697. The molecule has 0 heterocycles. The average Bonchev–Trinajstić information content (AvgIpc) is 2.50. The summed E-state index contributed by atoms with van der Waals surface area (Å²) in [5.74, 6) is -0.715. The highest BCUT2D eigenvalue weighted by Crippen LogP contribution is 2.47. The van der Waals surface area contributed by atoms with Gasteiger partial charge in [0.05, 0.1) is 23.5 Å². The topological polar surface area (TPSA) is 57.5 Å². The van der Waals surface area contributed by atoms with Gasteiger partial charge in [-0.25, -0.2) is 4.79 Å². The van der Waals surface area contributed by atoms with Crippen molar-refractivity contribution < 1.29 is 15.0 Å². The van der Waals surface area contributed by atoms with Crippen molar-refractivity contribution >= 4 is 85.6 Å². The minimum atomic E-state index is -0.879. The SMILES string of the molecule is O=C(O)c1ccccc1.Oc1c(Br)c(Br)c(Br)c(Br)c1Br. The smallest absolute Gasteiger partial charge is 0.335 e. The average molecular weight is 611 g/mol. The molecule has 0 bridgehead atoms. The number of aromatic hydroxyl groups is 1. The van der Waals surface area contributed by atoms with Crippen LogP contribution in [-0.2, 0) is 0 Å². The summed E-state index contributed by atoms with van der Waals surface area (Å²) in [5, 5.41) is 17.9. The van der Waals surface area contributed by atoms with E-state index in [9.17, 15) is 9.90 Å². The fourth-order valence-electron chi connectivity index (χ4n) is 1.17. The summed E-state index contributed by atoms with van der Waals surface area (Å²) in [6, 6.07) is 8.30. The zero-order chi connectivity index (χ0) is 16.2. The normalized spacial score (nSPS) is 9.76. The molecule has 0 radical (unpaired) electrons. The van der Waals surface area contributed by atoms with E-state index in [1.165, 1.54) is 0 Å². The number of phenols is 1. The summed E-state index contributed by atoms with van der Waals surface area (Å²) < 4.78 is 3.62. The van der Waals surface area contributed by atoms with Crippen molar-refractivity contribution in [2.45, 2.75) is 0 Å². The Labute approximate surface area is 163 Å². The molecule has 21 heavy (non-hydrogen) atoms. The molecule has 8 heteroatoms. The van der Waals surface area contributed by atoms with Crippen LogP contribution in [0.3, 0.4) is 0 Å². The molecule has 0 atom stereocenters. The maximum absolute atomic E-state index is 10.2. The first-order valence-electron chi connectivity index (χ1n) is 5.26. The lowest BCUT2D eigenvalue weighted by Crippen LogP contribution is -1.93. The number of hydrogen-bond acceptors (Lipinski definition) is 2. The van der Waals surface area contributed by atoms with E-state index in [2.05, 4.69) is 79.6 Å². The maximum atomic E-state index is 10.2. The minimum absolute atomic E-state index is 0.164. The van der Waals surface area contributed by atoms with Crippen molar-refractivity contribution in [2.75, 3.05) is 0 Å². The third-order valence-corrected chi connectivity index (χ3v) is 8.26. The maximum Gasteiger partial charge on any atom is 0.335 e. The number of benzene rings is 2. The van der Waals surface area contributed by atoms with Gasteiger partial charge in [-0.15, -0.1) is 0 Å². The first-order valence-corrected chi connectivity index (χ1v) is 9.22. The van der Waals surface area contributed by atoms with Crippen LogP contribution in [0.1, 0.15) is 10.4 Å². The van der Waals surface area contributed by atoms with E-state index in [-0.39, 0.29) is 5.75 Å². The van der Waals surface area contributed by atoms with Crippen molar-refractivity contribution in [2.24, 2.45) is 0 Å². The number of carbonyl (C=O) groups is 1. The van der Waals surface area contributed by atoms with E-state index in [0.29, 0.717) is 14.5 Å². The van der Waals surface area contributed by atoms with Crippen molar-refractivity contribution in [3.63, 3.8) is 0 Å². The van der Waals surface area contributed by atoms with E-state index >= 15 is 0 Å². The summed E-state index contributed by atoms with van der Waals surface area (Å²) in [5.41, 5.74) is 0.331. The second-order valence-corrected chi connectivity index (χ2v) is 7.55. The Morgan fingerprint density at radius 3 is 1.48 bits per heavy atom. The number of carboxylic acids is 1. The second kappa shape index (κ2) is 8.67. The van der Waals surface area contributed by atoms with Gasteiger partial charge in [0.2, 0.25) is 0 Å². The Hall–Kier alpha value is 0.110. The van der Waals surface area contributed by atoms with E-state index < -0.39 is 5.97 Å². The molecule has 0 unspecified atom stereocenters. The van der Waals surface area contributed by atoms with Gasteiger partial charge in [0.25, 0.3) is 0 Å². The van der Waals surface area contributed by atoms with Gasteiger partial charge in [-0.1, -0.05) is 18.2 Å². The number of hydrogen-bond donors (Lipinski definition) is 2. The van der Waals surface area contributed by atoms with Gasteiger partial charge in [-0.05, 0) is 91.8 Å². The standard InChI is InChI=1S/C7H6O2.C6HBr5O/c8-7(9)6-4-2-1-3-5-6;7-1-2(8)4(10)6(12)5(11)3(1)9/h1-5H,(H,8,9);12H. The molecule has 2 rings (SSSR count). The lowest BCUT2D eigenvalue weighted by atomic mass is 10.2. The molecule has 2 N–H and O–H groups in total. The zero-order valence-corrected chi connectivity index (χ0v) is 18.0. The summed E-state index contributed by atoms with van der Waals surface area (Å²) in [6.45, 7) is 0. The fourth-order valence-corrected chi connectivity index (χ4v) is 4.20. The number of aromatic carboxylic acids is 1. The van der Waals surface area contributed by atoms with E-state index in [0.717, 1.165) is 13.4 Å². The number of carboxylic acid groups (broad SMARTS) is 1. The van der Waals surface area contributed by atoms with Crippen molar-refractivity contribution in [1.29, 1.82) is 0 Å². The molecular weight excluding hydrogens is 604 g/mol. The predicted octanol–water partition coefficient (Wildman–Crippen LogP) is 6.59. The quantitative estimate of drug-likeness (QED) is 0.283. The Balaban J connectivity index is 0.000000219. The number of halogens is 5. The van der Waals surface area contributed by atoms with E-state index in [1.807, 2.05) is 0 Å². The monoisotopic (exact) mass is 606 g/mol. The van der Waals surface area contributed by atoms with Crippen molar-refractivity contribution in [1.82, 2.24) is 0 Å². The Kier molecular flexibility index (Phi) is 7.91. The van der Waals surface area contributed by atoms with E-state index in [4.69, 9.17) is 5.11 Å². The van der Waals surface area contributed by atoms with Crippen molar-refractivity contribution in [3.8, 4) is 5.75 Å². The molecule has 0 aliphatic carbocycles. The first kappa shape index (κ1) is 19.2. The van der Waals surface area contributed by atoms with Crippen LogP contribution in [0, 0.1) is 0 Å². The van der Waals surface area contributed by atoms with Gasteiger partial charge in [0.1, 0.15) is 5.75 Å². The minimum Gasteiger partial charge on any atom is -0.505 e. The van der Waals surface area contributed by atoms with Crippen LogP contribution in [0.25, 0.3) is 0 Å². The Morgan fingerprint density at radius 1 is 0.762 bits per heavy atom. The summed E-state index contributed by atoms with van der Waals surface area (Å²) in [4.78, 5) is 10.2. The van der Waals surface area contributed by atoms with Crippen LogP contribution in [0.15, 0.2) is 52.7 Å². The van der Waals surface area contributed by atoms with E-state index in [1.54, 1.807) is 30.3 Å². The molecule has 0 saturated carbocycles. The fraction of sp³-hybridized carbons (Fsp3) is 0. The molecular formula is C13H7Br5O3. The molecule has 2 aromatic carbocycles.